The van der Waals surface area contributed by atoms with E-state index in [-0.39, 0.29) is 18.1 Å². The molecule has 60 heavy (non-hydrogen) atoms. The van der Waals surface area contributed by atoms with Gasteiger partial charge in [-0.25, -0.2) is 0 Å². The number of fused-ring (bicyclic) bond motifs is 8. The topological polar surface area (TPSA) is 18.5 Å². The van der Waals surface area contributed by atoms with E-state index < -0.39 is 29.2 Å². The predicted octanol–water partition coefficient (Wildman–Crippen LogP) is 15.5. The zero-order valence-electron chi connectivity index (χ0n) is 37.7. The third-order valence-corrected chi connectivity index (χ3v) is 27.7. The molecule has 4 heteroatoms. The summed E-state index contributed by atoms with van der Waals surface area (Å²) in [4.78, 5) is 0. The van der Waals surface area contributed by atoms with Gasteiger partial charge in [0.15, 0.2) is 0 Å². The van der Waals surface area contributed by atoms with Crippen LogP contribution in [-0.2, 0) is 32.0 Å². The Morgan fingerprint density at radius 2 is 0.850 bits per heavy atom. The zero-order valence-corrected chi connectivity index (χ0v) is 41.1. The van der Waals surface area contributed by atoms with Crippen LogP contribution in [0.4, 0.5) is 0 Å². The van der Waals surface area contributed by atoms with Crippen LogP contribution in [0, 0.1) is 13.8 Å². The molecule has 2 aliphatic carbocycles. The maximum atomic E-state index is 8.40. The van der Waals surface area contributed by atoms with Gasteiger partial charge in [-0.15, -0.1) is 0 Å². The second-order valence-electron chi connectivity index (χ2n) is 20.3. The van der Waals surface area contributed by atoms with Crippen molar-refractivity contribution in [1.82, 2.24) is 0 Å². The van der Waals surface area contributed by atoms with Gasteiger partial charge in [-0.05, 0) is 0 Å². The van der Waals surface area contributed by atoms with E-state index in [0.29, 0.717) is 0 Å². The van der Waals surface area contributed by atoms with Crippen LogP contribution >= 0.6 is 0 Å². The summed E-state index contributed by atoms with van der Waals surface area (Å²) in [6.45, 7) is 28.5. The van der Waals surface area contributed by atoms with Crippen molar-refractivity contribution in [3.63, 3.8) is 0 Å². The maximum absolute atomic E-state index is 8.40. The van der Waals surface area contributed by atoms with Gasteiger partial charge in [0.1, 0.15) is 0 Å². The molecule has 0 saturated heterocycles. The molecule has 0 aromatic heterocycles. The molecular weight excluding hydrogens is 824 g/mol. The molecule has 0 saturated carbocycles. The Hall–Kier alpha value is -4.50. The Kier molecular flexibility index (Phi) is 9.92. The molecular formula is C56H60O2SiZr. The van der Waals surface area contributed by atoms with Crippen LogP contribution in [-0.4, -0.2) is 8.07 Å². The fourth-order valence-electron chi connectivity index (χ4n) is 11.2. The Morgan fingerprint density at radius 3 is 1.22 bits per heavy atom. The quantitative estimate of drug-likeness (QED) is 0.155. The minimum atomic E-state index is -4.98. The van der Waals surface area contributed by atoms with Crippen molar-refractivity contribution < 1.29 is 26.8 Å². The first kappa shape index (κ1) is 40.9. The van der Waals surface area contributed by atoms with Gasteiger partial charge in [-0.1, -0.05) is 0 Å². The summed E-state index contributed by atoms with van der Waals surface area (Å²) in [6, 6.07) is 50.1. The molecule has 304 valence electrons. The first-order chi connectivity index (χ1) is 28.4. The average Bonchev–Trinajstić information content (AvgIpc) is 3.71. The molecule has 6 aromatic rings. The van der Waals surface area contributed by atoms with E-state index in [1.165, 1.54) is 77.9 Å². The molecule has 0 fully saturated rings. The molecule has 0 radical (unpaired) electrons. The first-order valence-corrected chi connectivity index (χ1v) is 29.7. The summed E-state index contributed by atoms with van der Waals surface area (Å²) in [5.41, 5.74) is 18.3. The van der Waals surface area contributed by atoms with Crippen LogP contribution < -0.4 is 5.63 Å². The van der Waals surface area contributed by atoms with E-state index in [1.54, 1.807) is 10.4 Å². The van der Waals surface area contributed by atoms with Gasteiger partial charge in [0.05, 0.1) is 0 Å². The fourth-order valence-corrected chi connectivity index (χ4v) is 27.9. The van der Waals surface area contributed by atoms with Crippen LogP contribution in [0.1, 0.15) is 107 Å². The summed E-state index contributed by atoms with van der Waals surface area (Å²) >= 11 is -4.98. The van der Waals surface area contributed by atoms with Gasteiger partial charge >= 0.3 is 369 Å². The van der Waals surface area contributed by atoms with Gasteiger partial charge < -0.3 is 0 Å². The van der Waals surface area contributed by atoms with Crippen molar-refractivity contribution in [2.75, 3.05) is 0 Å². The summed E-state index contributed by atoms with van der Waals surface area (Å²) < 4.78 is 16.8. The first-order valence-electron chi connectivity index (χ1n) is 21.8. The van der Waals surface area contributed by atoms with E-state index in [4.69, 9.17) is 5.63 Å². The number of aryl methyl sites for hydroxylation is 2. The Balaban J connectivity index is 1.47. The van der Waals surface area contributed by atoms with Crippen molar-refractivity contribution in [3.05, 3.63) is 189 Å². The second-order valence-corrected chi connectivity index (χ2v) is 31.9. The van der Waals surface area contributed by atoms with Gasteiger partial charge in [0.2, 0.25) is 0 Å². The second kappa shape index (κ2) is 14.6. The number of hydrogen-bond acceptors (Lipinski definition) is 2. The molecule has 2 unspecified atom stereocenters. The molecule has 6 aromatic carbocycles. The van der Waals surface area contributed by atoms with Crippen LogP contribution in [0.15, 0.2) is 145 Å². The van der Waals surface area contributed by atoms with E-state index in [9.17, 15) is 0 Å². The molecule has 3 aliphatic rings. The standard InChI is InChI=1S/C34H30Si.2C11H16O.Zr/c1-23-21-27-17-11-19-29(25-13-7-5-8-14-25)31(27)33(23)35(3,4)34-24(2)22-28-18-12-20-30(32(28)34)26-15-9-6-10-16-26;2*1-8-5-6-10(12)9(7-8)11(2,3)4;/h5-22H,1-4H3;2*5-7,12H,1-4H3;/q;;;+2/p-2. The predicted molar refractivity (Wildman–Crippen MR) is 253 cm³/mol. The van der Waals surface area contributed by atoms with E-state index in [1.807, 2.05) is 0 Å². The molecule has 0 amide bonds. The van der Waals surface area contributed by atoms with Crippen molar-refractivity contribution >= 4 is 18.5 Å². The van der Waals surface area contributed by atoms with Gasteiger partial charge in [0.25, 0.3) is 0 Å². The van der Waals surface area contributed by atoms with E-state index >= 15 is 0 Å². The van der Waals surface area contributed by atoms with Crippen molar-refractivity contribution in [1.29, 1.82) is 0 Å². The molecule has 2 atom stereocenters. The van der Waals surface area contributed by atoms with E-state index in [0.717, 1.165) is 11.5 Å². The van der Waals surface area contributed by atoms with Crippen molar-refractivity contribution in [2.24, 2.45) is 0 Å². The summed E-state index contributed by atoms with van der Waals surface area (Å²) in [6.07, 6.45) is 0. The normalized spacial score (nSPS) is 18.8. The summed E-state index contributed by atoms with van der Waals surface area (Å²) in [7, 11) is -2.47. The van der Waals surface area contributed by atoms with Crippen LogP contribution in [0.5, 0.6) is 11.5 Å². The van der Waals surface area contributed by atoms with Gasteiger partial charge in [-0.3, -0.25) is 0 Å². The number of rotatable bonds is 6. The average molecular weight is 884 g/mol. The molecule has 4 bridgehead atoms. The van der Waals surface area contributed by atoms with Crippen molar-refractivity contribution in [3.8, 4) is 33.8 Å². The third-order valence-electron chi connectivity index (χ3n) is 13.6. The monoisotopic (exact) mass is 882 g/mol. The molecule has 2 nitrogen and oxygen atoms in total. The van der Waals surface area contributed by atoms with Gasteiger partial charge in [-0.2, -0.15) is 0 Å². The van der Waals surface area contributed by atoms with Crippen molar-refractivity contribution in [2.45, 2.75) is 100 Å². The Morgan fingerprint density at radius 1 is 0.467 bits per heavy atom. The van der Waals surface area contributed by atoms with Gasteiger partial charge in [0, 0.05) is 0 Å². The third kappa shape index (κ3) is 6.42. The Labute approximate surface area is 366 Å². The molecule has 1 aliphatic heterocycles. The number of hydrogen-bond donors (Lipinski definition) is 0. The molecule has 9 rings (SSSR count). The van der Waals surface area contributed by atoms with Crippen LogP contribution in [0.3, 0.4) is 0 Å². The van der Waals surface area contributed by atoms with Crippen LogP contribution in [0.25, 0.3) is 32.6 Å². The fraction of sp³-hybridized carbons (Fsp3) is 0.286. The minimum absolute atomic E-state index is 0.0178. The number of allylic oxidation sites excluding steroid dienone is 2. The molecule has 1 heterocycles. The zero-order chi connectivity index (χ0) is 42.5. The molecule has 0 spiro atoms. The van der Waals surface area contributed by atoms with Crippen LogP contribution in [0.2, 0.25) is 13.1 Å². The summed E-state index contributed by atoms with van der Waals surface area (Å²) in [5, 5.41) is 3.11. The summed E-state index contributed by atoms with van der Waals surface area (Å²) in [5.74, 6) is 1.93. The SMILES string of the molecule is CC1=C2c3c(-c4ccccc4)cccc3[CH]1[Zr]([O]c1ccc(C)cc1C(C)(C)C)([O]c1ccc(C)cc1C(C)(C)C)[CH]1C(C)=C(c3c(-c4ccccc4)cccc31)[Si]2(C)C. The molecule has 0 N–H and O–H groups in total. The number of benzene rings is 6. The Bertz CT molecular complexity index is 2550. The van der Waals surface area contributed by atoms with E-state index in [2.05, 4.69) is 216 Å².